The average molecular weight is 359 g/mol. The predicted octanol–water partition coefficient (Wildman–Crippen LogP) is 4.97. The van der Waals surface area contributed by atoms with Crippen molar-refractivity contribution in [3.8, 4) is 5.75 Å². The lowest BCUT2D eigenvalue weighted by molar-refractivity contribution is 0.0900. The Morgan fingerprint density at radius 2 is 1.48 bits per heavy atom. The van der Waals surface area contributed by atoms with E-state index in [2.05, 4.69) is 36.5 Å². The fourth-order valence-corrected chi connectivity index (χ4v) is 3.28. The molecule has 3 heteroatoms. The van der Waals surface area contributed by atoms with E-state index in [1.165, 1.54) is 5.56 Å². The molecular weight excluding hydrogens is 334 g/mol. The summed E-state index contributed by atoms with van der Waals surface area (Å²) in [6.07, 6.45) is 0.695. The van der Waals surface area contributed by atoms with Crippen LogP contribution in [0.5, 0.6) is 5.75 Å². The summed E-state index contributed by atoms with van der Waals surface area (Å²) in [5, 5.41) is 3.25. The van der Waals surface area contributed by atoms with Gasteiger partial charge in [0.2, 0.25) is 0 Å². The van der Waals surface area contributed by atoms with Crippen molar-refractivity contribution in [1.29, 1.82) is 0 Å². The number of carbonyl (C=O) groups is 1. The third-order valence-electron chi connectivity index (χ3n) is 4.63. The third kappa shape index (κ3) is 4.56. The molecule has 0 heterocycles. The third-order valence-corrected chi connectivity index (χ3v) is 4.63. The highest BCUT2D eigenvalue weighted by atomic mass is 16.5. The highest BCUT2D eigenvalue weighted by Gasteiger charge is 2.30. The number of carbonyl (C=O) groups excluding carboxylic acids is 1. The minimum Gasteiger partial charge on any atom is -0.493 e. The van der Waals surface area contributed by atoms with Crippen LogP contribution in [0, 0.1) is 0 Å². The van der Waals surface area contributed by atoms with Gasteiger partial charge in [0.15, 0.2) is 0 Å². The van der Waals surface area contributed by atoms with E-state index in [9.17, 15) is 4.79 Å². The molecule has 3 aromatic carbocycles. The van der Waals surface area contributed by atoms with E-state index in [0.717, 1.165) is 5.56 Å². The summed E-state index contributed by atoms with van der Waals surface area (Å²) in [4.78, 5) is 13.1. The molecule has 0 aliphatic carbocycles. The Labute approximate surface area is 161 Å². The van der Waals surface area contributed by atoms with Gasteiger partial charge >= 0.3 is 0 Å². The van der Waals surface area contributed by atoms with Gasteiger partial charge in [0.25, 0.3) is 5.91 Å². The summed E-state index contributed by atoms with van der Waals surface area (Å²) >= 11 is 0. The summed E-state index contributed by atoms with van der Waals surface area (Å²) in [6.45, 7) is 4.50. The minimum atomic E-state index is -0.543. The van der Waals surface area contributed by atoms with Gasteiger partial charge in [-0.25, -0.2) is 0 Å². The summed E-state index contributed by atoms with van der Waals surface area (Å²) in [7, 11) is 0. The fourth-order valence-electron chi connectivity index (χ4n) is 3.28. The normalized spacial score (nSPS) is 12.8. The molecule has 1 amide bonds. The number of nitrogens with one attached hydrogen (secondary N) is 1. The van der Waals surface area contributed by atoms with E-state index in [4.69, 9.17) is 4.74 Å². The van der Waals surface area contributed by atoms with Crippen molar-refractivity contribution in [2.45, 2.75) is 25.8 Å². The highest BCUT2D eigenvalue weighted by molar-refractivity contribution is 5.97. The Kier molecular flexibility index (Phi) is 5.92. The van der Waals surface area contributed by atoms with Crippen LogP contribution in [0.3, 0.4) is 0 Å². The van der Waals surface area contributed by atoms with E-state index >= 15 is 0 Å². The molecule has 0 aliphatic heterocycles. The van der Waals surface area contributed by atoms with E-state index in [-0.39, 0.29) is 5.91 Å². The van der Waals surface area contributed by atoms with Crippen LogP contribution in [0.25, 0.3) is 0 Å². The van der Waals surface area contributed by atoms with Gasteiger partial charge in [-0.1, -0.05) is 72.8 Å². The molecule has 0 fully saturated rings. The lowest BCUT2D eigenvalue weighted by Crippen LogP contribution is -2.45. The lowest BCUT2D eigenvalue weighted by atomic mass is 9.85. The van der Waals surface area contributed by atoms with Gasteiger partial charge in [-0.15, -0.1) is 0 Å². The Morgan fingerprint density at radius 3 is 2.15 bits per heavy atom. The number of hydrogen-bond donors (Lipinski definition) is 1. The average Bonchev–Trinajstić information content (AvgIpc) is 2.70. The van der Waals surface area contributed by atoms with Crippen LogP contribution in [0.2, 0.25) is 0 Å². The molecule has 1 N–H and O–H groups in total. The predicted molar refractivity (Wildman–Crippen MR) is 109 cm³/mol. The zero-order valence-electron chi connectivity index (χ0n) is 15.8. The number of ether oxygens (including phenoxy) is 1. The maximum atomic E-state index is 13.1. The van der Waals surface area contributed by atoms with Crippen LogP contribution in [0.4, 0.5) is 0 Å². The van der Waals surface area contributed by atoms with Crippen molar-refractivity contribution in [2.75, 3.05) is 6.61 Å². The summed E-state index contributed by atoms with van der Waals surface area (Å²) in [6, 6.07) is 27.7. The molecule has 0 aliphatic rings. The first-order chi connectivity index (χ1) is 13.1. The topological polar surface area (TPSA) is 38.3 Å². The second-order valence-electron chi connectivity index (χ2n) is 6.74. The van der Waals surface area contributed by atoms with Gasteiger partial charge in [0.1, 0.15) is 5.75 Å². The SMILES string of the molecule is CCOc1ccccc1C(=O)NC(C)(Cc1ccccc1)c1ccccc1. The smallest absolute Gasteiger partial charge is 0.255 e. The fraction of sp³-hybridized carbons (Fsp3) is 0.208. The largest absolute Gasteiger partial charge is 0.493 e. The maximum absolute atomic E-state index is 13.1. The van der Waals surface area contributed by atoms with Crippen LogP contribution in [0.1, 0.15) is 35.3 Å². The highest BCUT2D eigenvalue weighted by Crippen LogP contribution is 2.27. The minimum absolute atomic E-state index is 0.138. The van der Waals surface area contributed by atoms with Crippen LogP contribution in [0.15, 0.2) is 84.9 Å². The van der Waals surface area contributed by atoms with Crippen molar-refractivity contribution in [2.24, 2.45) is 0 Å². The Bertz CT molecular complexity index is 877. The first-order valence-electron chi connectivity index (χ1n) is 9.26. The molecule has 0 saturated heterocycles. The molecule has 0 radical (unpaired) electrons. The van der Waals surface area contributed by atoms with Crippen LogP contribution in [-0.2, 0) is 12.0 Å². The van der Waals surface area contributed by atoms with Crippen molar-refractivity contribution in [1.82, 2.24) is 5.32 Å². The maximum Gasteiger partial charge on any atom is 0.255 e. The summed E-state index contributed by atoms with van der Waals surface area (Å²) in [5.41, 5.74) is 2.24. The van der Waals surface area contributed by atoms with Crippen LogP contribution >= 0.6 is 0 Å². The molecule has 3 rings (SSSR count). The Balaban J connectivity index is 1.93. The molecule has 27 heavy (non-hydrogen) atoms. The van der Waals surface area contributed by atoms with Gasteiger partial charge in [-0.05, 0) is 43.5 Å². The van der Waals surface area contributed by atoms with Gasteiger partial charge in [-0.3, -0.25) is 4.79 Å². The van der Waals surface area contributed by atoms with E-state index in [1.54, 1.807) is 6.07 Å². The summed E-state index contributed by atoms with van der Waals surface area (Å²) in [5.74, 6) is 0.467. The van der Waals surface area contributed by atoms with Gasteiger partial charge < -0.3 is 10.1 Å². The van der Waals surface area contributed by atoms with Crippen molar-refractivity contribution >= 4 is 5.91 Å². The van der Waals surface area contributed by atoms with E-state index < -0.39 is 5.54 Å². The van der Waals surface area contributed by atoms with Crippen molar-refractivity contribution in [3.63, 3.8) is 0 Å². The van der Waals surface area contributed by atoms with E-state index in [1.807, 2.05) is 61.5 Å². The molecule has 138 valence electrons. The van der Waals surface area contributed by atoms with Gasteiger partial charge in [0.05, 0.1) is 17.7 Å². The first kappa shape index (κ1) is 18.7. The molecular formula is C24H25NO2. The first-order valence-corrected chi connectivity index (χ1v) is 9.26. The standard InChI is InChI=1S/C24H25NO2/c1-3-27-22-17-11-10-16-21(22)23(26)25-24(2,20-14-8-5-9-15-20)18-19-12-6-4-7-13-19/h4-17H,3,18H2,1-2H3,(H,25,26). The summed E-state index contributed by atoms with van der Waals surface area (Å²) < 4.78 is 5.64. The van der Waals surface area contributed by atoms with Gasteiger partial charge in [-0.2, -0.15) is 0 Å². The van der Waals surface area contributed by atoms with Crippen molar-refractivity contribution in [3.05, 3.63) is 102 Å². The number of para-hydroxylation sites is 1. The van der Waals surface area contributed by atoms with E-state index in [0.29, 0.717) is 24.3 Å². The zero-order chi connectivity index (χ0) is 19.1. The molecule has 0 saturated carbocycles. The Hall–Kier alpha value is -3.07. The number of benzene rings is 3. The zero-order valence-corrected chi connectivity index (χ0v) is 15.8. The molecule has 0 spiro atoms. The number of rotatable bonds is 7. The monoisotopic (exact) mass is 359 g/mol. The number of hydrogen-bond acceptors (Lipinski definition) is 2. The molecule has 3 nitrogen and oxygen atoms in total. The number of amides is 1. The Morgan fingerprint density at radius 1 is 0.889 bits per heavy atom. The van der Waals surface area contributed by atoms with Crippen LogP contribution < -0.4 is 10.1 Å². The van der Waals surface area contributed by atoms with Crippen LogP contribution in [-0.4, -0.2) is 12.5 Å². The van der Waals surface area contributed by atoms with Gasteiger partial charge in [0, 0.05) is 0 Å². The molecule has 3 aromatic rings. The lowest BCUT2D eigenvalue weighted by Gasteiger charge is -2.32. The quantitative estimate of drug-likeness (QED) is 0.646. The second-order valence-corrected chi connectivity index (χ2v) is 6.74. The molecule has 0 bridgehead atoms. The second kappa shape index (κ2) is 8.54. The molecule has 0 aromatic heterocycles. The van der Waals surface area contributed by atoms with Crippen molar-refractivity contribution < 1.29 is 9.53 Å². The molecule has 1 atom stereocenters. The molecule has 1 unspecified atom stereocenters.